The maximum absolute atomic E-state index is 10.7. The number of aryl methyl sites for hydroxylation is 2. The van der Waals surface area contributed by atoms with E-state index >= 15 is 0 Å². The summed E-state index contributed by atoms with van der Waals surface area (Å²) in [7, 11) is 2.11. The third kappa shape index (κ3) is 4.77. The molecule has 0 heterocycles. The zero-order chi connectivity index (χ0) is 17.6. The first-order valence-corrected chi connectivity index (χ1v) is 8.82. The van der Waals surface area contributed by atoms with E-state index in [1.54, 1.807) is 12.1 Å². The quantitative estimate of drug-likeness (QED) is 0.571. The maximum Gasteiger partial charge on any atom is 0.269 e. The Morgan fingerprint density at radius 1 is 1.08 bits per heavy atom. The molecular formula is C21H24N2O2. The van der Waals surface area contributed by atoms with Crippen LogP contribution in [-0.4, -0.2) is 23.4 Å². The Morgan fingerprint density at radius 2 is 1.80 bits per heavy atom. The molecule has 0 amide bonds. The van der Waals surface area contributed by atoms with Crippen molar-refractivity contribution < 1.29 is 4.92 Å². The van der Waals surface area contributed by atoms with Gasteiger partial charge in [0.05, 0.1) is 4.92 Å². The Balaban J connectivity index is 1.53. The van der Waals surface area contributed by atoms with Crippen LogP contribution in [-0.2, 0) is 19.4 Å². The Bertz CT molecular complexity index is 766. The number of hydrogen-bond donors (Lipinski definition) is 0. The normalized spacial score (nSPS) is 14.0. The number of nitrogens with zero attached hydrogens (tertiary/aromatic N) is 2. The third-order valence-corrected chi connectivity index (χ3v) is 4.70. The summed E-state index contributed by atoms with van der Waals surface area (Å²) >= 11 is 0. The van der Waals surface area contributed by atoms with Crippen LogP contribution in [0.1, 0.15) is 35.1 Å². The van der Waals surface area contributed by atoms with Crippen molar-refractivity contribution in [3.05, 3.63) is 80.9 Å². The molecule has 25 heavy (non-hydrogen) atoms. The first kappa shape index (κ1) is 17.4. The number of fused-ring (bicyclic) bond motifs is 1. The number of benzene rings is 2. The van der Waals surface area contributed by atoms with E-state index in [1.807, 2.05) is 6.08 Å². The second-order valence-corrected chi connectivity index (χ2v) is 6.76. The van der Waals surface area contributed by atoms with Crippen LogP contribution in [0.4, 0.5) is 5.69 Å². The molecule has 2 aromatic carbocycles. The maximum atomic E-state index is 10.7. The van der Waals surface area contributed by atoms with Crippen molar-refractivity contribution >= 4 is 11.8 Å². The summed E-state index contributed by atoms with van der Waals surface area (Å²) in [4.78, 5) is 12.6. The molecule has 0 aliphatic heterocycles. The molecule has 0 aromatic heterocycles. The number of nitro benzene ring substituents is 1. The highest BCUT2D eigenvalue weighted by molar-refractivity contribution is 5.51. The first-order valence-electron chi connectivity index (χ1n) is 8.82. The van der Waals surface area contributed by atoms with Crippen LogP contribution < -0.4 is 0 Å². The van der Waals surface area contributed by atoms with Crippen LogP contribution in [0.3, 0.4) is 0 Å². The van der Waals surface area contributed by atoms with Crippen molar-refractivity contribution in [2.75, 3.05) is 13.6 Å². The molecule has 0 bridgehead atoms. The molecular weight excluding hydrogens is 312 g/mol. The minimum Gasteiger partial charge on any atom is -0.298 e. The molecule has 0 radical (unpaired) electrons. The molecule has 0 fully saturated rings. The van der Waals surface area contributed by atoms with E-state index in [0.29, 0.717) is 0 Å². The van der Waals surface area contributed by atoms with Crippen LogP contribution in [0.5, 0.6) is 0 Å². The number of nitro groups is 1. The van der Waals surface area contributed by atoms with Crippen LogP contribution in [0.25, 0.3) is 6.08 Å². The fourth-order valence-electron chi connectivity index (χ4n) is 3.34. The van der Waals surface area contributed by atoms with E-state index < -0.39 is 0 Å². The van der Waals surface area contributed by atoms with Gasteiger partial charge in [-0.3, -0.25) is 15.0 Å². The SMILES string of the molecule is CN(CC=Cc1ccc([N+](=O)[O-])cc1)Cc1ccc2c(c1)CCCC2. The van der Waals surface area contributed by atoms with Crippen molar-refractivity contribution in [2.45, 2.75) is 32.2 Å². The van der Waals surface area contributed by atoms with Crippen molar-refractivity contribution in [1.82, 2.24) is 4.90 Å². The smallest absolute Gasteiger partial charge is 0.269 e. The van der Waals surface area contributed by atoms with Gasteiger partial charge in [-0.15, -0.1) is 0 Å². The Hall–Kier alpha value is -2.46. The molecule has 0 saturated carbocycles. The van der Waals surface area contributed by atoms with Gasteiger partial charge in [-0.05, 0) is 67.1 Å². The average molecular weight is 336 g/mol. The fraction of sp³-hybridized carbons (Fsp3) is 0.333. The van der Waals surface area contributed by atoms with Crippen molar-refractivity contribution in [1.29, 1.82) is 0 Å². The van der Waals surface area contributed by atoms with E-state index in [-0.39, 0.29) is 10.6 Å². The van der Waals surface area contributed by atoms with E-state index in [9.17, 15) is 10.1 Å². The van der Waals surface area contributed by atoms with Crippen molar-refractivity contribution in [2.24, 2.45) is 0 Å². The van der Waals surface area contributed by atoms with E-state index in [4.69, 9.17) is 0 Å². The Kier molecular flexibility index (Phi) is 5.61. The average Bonchev–Trinajstić information content (AvgIpc) is 2.62. The Morgan fingerprint density at radius 3 is 2.52 bits per heavy atom. The zero-order valence-electron chi connectivity index (χ0n) is 14.6. The molecule has 2 aromatic rings. The molecule has 0 unspecified atom stereocenters. The highest BCUT2D eigenvalue weighted by atomic mass is 16.6. The van der Waals surface area contributed by atoms with Gasteiger partial charge >= 0.3 is 0 Å². The summed E-state index contributed by atoms with van der Waals surface area (Å²) in [6.07, 6.45) is 9.17. The second-order valence-electron chi connectivity index (χ2n) is 6.76. The van der Waals surface area contributed by atoms with Crippen LogP contribution in [0.2, 0.25) is 0 Å². The lowest BCUT2D eigenvalue weighted by molar-refractivity contribution is -0.384. The summed E-state index contributed by atoms with van der Waals surface area (Å²) in [5.74, 6) is 0. The number of likely N-dealkylation sites (N-methyl/N-ethyl adjacent to an activating group) is 1. The minimum atomic E-state index is -0.375. The van der Waals surface area contributed by atoms with Crippen molar-refractivity contribution in [3.63, 3.8) is 0 Å². The minimum absolute atomic E-state index is 0.127. The van der Waals surface area contributed by atoms with E-state index in [2.05, 4.69) is 36.2 Å². The van der Waals surface area contributed by atoms with Gasteiger partial charge in [0.25, 0.3) is 5.69 Å². The summed E-state index contributed by atoms with van der Waals surface area (Å²) in [6.45, 7) is 1.77. The summed E-state index contributed by atoms with van der Waals surface area (Å²) in [5.41, 5.74) is 5.52. The third-order valence-electron chi connectivity index (χ3n) is 4.70. The van der Waals surface area contributed by atoms with E-state index in [1.165, 1.54) is 54.5 Å². The fourth-order valence-corrected chi connectivity index (χ4v) is 3.34. The number of rotatable bonds is 6. The lowest BCUT2D eigenvalue weighted by atomic mass is 9.90. The predicted molar refractivity (Wildman–Crippen MR) is 102 cm³/mol. The largest absolute Gasteiger partial charge is 0.298 e. The van der Waals surface area contributed by atoms with Gasteiger partial charge in [-0.25, -0.2) is 0 Å². The van der Waals surface area contributed by atoms with Gasteiger partial charge in [0.1, 0.15) is 0 Å². The van der Waals surface area contributed by atoms with Gasteiger partial charge in [0.15, 0.2) is 0 Å². The summed E-state index contributed by atoms with van der Waals surface area (Å²) in [6, 6.07) is 13.5. The molecule has 1 aliphatic carbocycles. The summed E-state index contributed by atoms with van der Waals surface area (Å²) < 4.78 is 0. The van der Waals surface area contributed by atoms with Crippen LogP contribution in [0.15, 0.2) is 48.5 Å². The molecule has 4 nitrogen and oxygen atoms in total. The zero-order valence-corrected chi connectivity index (χ0v) is 14.6. The van der Waals surface area contributed by atoms with Gasteiger partial charge in [-0.2, -0.15) is 0 Å². The van der Waals surface area contributed by atoms with Gasteiger partial charge < -0.3 is 0 Å². The lowest BCUT2D eigenvalue weighted by Gasteiger charge is -2.19. The predicted octanol–water partition coefficient (Wildman–Crippen LogP) is 4.62. The highest BCUT2D eigenvalue weighted by Crippen LogP contribution is 2.22. The standard InChI is InChI=1S/C21H24N2O2/c1-22(14-4-5-17-9-12-21(13-10-17)23(24)25)16-18-8-11-19-6-2-3-7-20(19)15-18/h4-5,8-13,15H,2-3,6-7,14,16H2,1H3. The summed E-state index contributed by atoms with van der Waals surface area (Å²) in [5, 5.41) is 10.7. The number of hydrogen-bond acceptors (Lipinski definition) is 3. The lowest BCUT2D eigenvalue weighted by Crippen LogP contribution is -2.18. The second kappa shape index (κ2) is 8.08. The van der Waals surface area contributed by atoms with Crippen LogP contribution in [0, 0.1) is 10.1 Å². The molecule has 4 heteroatoms. The Labute approximate surface area is 148 Å². The topological polar surface area (TPSA) is 46.4 Å². The monoisotopic (exact) mass is 336 g/mol. The van der Waals surface area contributed by atoms with E-state index in [0.717, 1.165) is 18.7 Å². The molecule has 3 rings (SSSR count). The molecule has 0 atom stereocenters. The molecule has 0 spiro atoms. The molecule has 0 saturated heterocycles. The van der Waals surface area contributed by atoms with Gasteiger partial charge in [0, 0.05) is 25.2 Å². The first-order chi connectivity index (χ1) is 12.1. The van der Waals surface area contributed by atoms with Crippen molar-refractivity contribution in [3.8, 4) is 0 Å². The molecule has 130 valence electrons. The number of non-ortho nitro benzene ring substituents is 1. The highest BCUT2D eigenvalue weighted by Gasteiger charge is 2.10. The van der Waals surface area contributed by atoms with Gasteiger partial charge in [-0.1, -0.05) is 30.4 Å². The van der Waals surface area contributed by atoms with Crippen LogP contribution >= 0.6 is 0 Å². The molecule has 0 N–H and O–H groups in total. The molecule has 1 aliphatic rings. The van der Waals surface area contributed by atoms with Gasteiger partial charge in [0.2, 0.25) is 0 Å².